The molecule has 0 aliphatic heterocycles. The van der Waals surface area contributed by atoms with Gasteiger partial charge in [-0.2, -0.15) is 0 Å². The predicted octanol–water partition coefficient (Wildman–Crippen LogP) is 5.68. The topological polar surface area (TPSA) is 45.2 Å². The average Bonchev–Trinajstić information content (AvgIpc) is 3.57. The van der Waals surface area contributed by atoms with Crippen LogP contribution in [0.2, 0.25) is 0 Å². The lowest BCUT2D eigenvalue weighted by atomic mass is 10.1. The van der Waals surface area contributed by atoms with Gasteiger partial charge < -0.3 is 10.2 Å². The maximum Gasteiger partial charge on any atom is 0.256 e. The minimum absolute atomic E-state index is 0.0754. The van der Waals surface area contributed by atoms with Crippen LogP contribution in [0.1, 0.15) is 49.0 Å². The number of hydrogen-bond acceptors (Lipinski definition) is 3. The van der Waals surface area contributed by atoms with Crippen molar-refractivity contribution in [3.05, 3.63) is 65.7 Å². The van der Waals surface area contributed by atoms with Crippen molar-refractivity contribution >= 4 is 28.3 Å². The predicted molar refractivity (Wildman–Crippen MR) is 121 cm³/mol. The number of hydrogen-bond donors (Lipinski definition) is 1. The summed E-state index contributed by atoms with van der Waals surface area (Å²) < 4.78 is 0. The number of amides is 1. The van der Waals surface area contributed by atoms with E-state index in [0.717, 1.165) is 59.8 Å². The Morgan fingerprint density at radius 2 is 1.86 bits per heavy atom. The van der Waals surface area contributed by atoms with Crippen molar-refractivity contribution in [2.75, 3.05) is 23.3 Å². The molecule has 1 N–H and O–H groups in total. The summed E-state index contributed by atoms with van der Waals surface area (Å²) in [6, 6.07) is 17.9. The van der Waals surface area contributed by atoms with Crippen LogP contribution in [-0.4, -0.2) is 24.0 Å². The van der Waals surface area contributed by atoms with Crippen LogP contribution >= 0.6 is 0 Å². The minimum Gasteiger partial charge on any atom is -0.356 e. The maximum absolute atomic E-state index is 13.3. The van der Waals surface area contributed by atoms with Gasteiger partial charge in [0.2, 0.25) is 0 Å². The minimum atomic E-state index is -0.0754. The van der Waals surface area contributed by atoms with Crippen molar-refractivity contribution in [3.8, 4) is 0 Å². The highest BCUT2D eigenvalue weighted by Crippen LogP contribution is 2.32. The molecule has 1 heterocycles. The van der Waals surface area contributed by atoms with E-state index in [1.807, 2.05) is 48.5 Å². The number of benzene rings is 2. The second-order valence-corrected chi connectivity index (χ2v) is 7.90. The lowest BCUT2D eigenvalue weighted by molar-refractivity contribution is 0.102. The third kappa shape index (κ3) is 4.42. The van der Waals surface area contributed by atoms with Crippen LogP contribution in [0.25, 0.3) is 10.9 Å². The van der Waals surface area contributed by atoms with Gasteiger partial charge in [-0.15, -0.1) is 0 Å². The highest BCUT2D eigenvalue weighted by molar-refractivity contribution is 6.13. The zero-order valence-electron chi connectivity index (χ0n) is 17.3. The van der Waals surface area contributed by atoms with Crippen molar-refractivity contribution in [2.24, 2.45) is 5.92 Å². The molecule has 3 aromatic rings. The number of carbonyl (C=O) groups excluding carboxylic acids is 1. The van der Waals surface area contributed by atoms with Crippen LogP contribution in [0, 0.1) is 5.92 Å². The van der Waals surface area contributed by atoms with Crippen LogP contribution in [0.15, 0.2) is 54.6 Å². The molecule has 0 spiro atoms. The van der Waals surface area contributed by atoms with E-state index in [9.17, 15) is 4.79 Å². The first kappa shape index (κ1) is 19.4. The molecule has 0 saturated heterocycles. The number of nitrogens with one attached hydrogen (secondary N) is 1. The van der Waals surface area contributed by atoms with Gasteiger partial charge in [-0.1, -0.05) is 50.2 Å². The molecule has 2 aromatic carbocycles. The van der Waals surface area contributed by atoms with E-state index in [4.69, 9.17) is 4.98 Å². The Bertz CT molecular complexity index is 1010. The Morgan fingerprint density at radius 3 is 2.62 bits per heavy atom. The first-order valence-electron chi connectivity index (χ1n) is 10.7. The van der Waals surface area contributed by atoms with Gasteiger partial charge >= 0.3 is 0 Å². The van der Waals surface area contributed by atoms with Crippen LogP contribution in [0.4, 0.5) is 11.5 Å². The van der Waals surface area contributed by atoms with Crippen LogP contribution < -0.4 is 10.2 Å². The number of nitrogens with zero attached hydrogens (tertiary/aromatic N) is 2. The lowest BCUT2D eigenvalue weighted by Gasteiger charge is -2.24. The number of fused-ring (bicyclic) bond motifs is 1. The second kappa shape index (κ2) is 8.64. The Hall–Kier alpha value is -2.88. The highest BCUT2D eigenvalue weighted by Gasteiger charge is 2.25. The molecule has 0 bridgehead atoms. The molecule has 0 unspecified atom stereocenters. The van der Waals surface area contributed by atoms with Gasteiger partial charge in [-0.25, -0.2) is 4.98 Å². The molecule has 4 heteroatoms. The fraction of sp³-hybridized carbons (Fsp3) is 0.360. The van der Waals surface area contributed by atoms with E-state index >= 15 is 0 Å². The number of anilines is 2. The van der Waals surface area contributed by atoms with Crippen LogP contribution in [-0.2, 0) is 6.42 Å². The van der Waals surface area contributed by atoms with Gasteiger partial charge in [0.05, 0.1) is 11.1 Å². The normalized spacial score (nSPS) is 13.4. The zero-order chi connectivity index (χ0) is 20.2. The Morgan fingerprint density at radius 1 is 1.10 bits per heavy atom. The number of para-hydroxylation sites is 2. The van der Waals surface area contributed by atoms with Crippen molar-refractivity contribution in [1.82, 2.24) is 4.98 Å². The molecule has 1 fully saturated rings. The number of carbonyl (C=O) groups is 1. The molecule has 1 aliphatic rings. The van der Waals surface area contributed by atoms with E-state index in [2.05, 4.69) is 30.1 Å². The summed E-state index contributed by atoms with van der Waals surface area (Å²) in [6.07, 6.45) is 4.54. The standard InChI is InChI=1S/C25H29N3O/c1-3-15-28(17-18-13-14-18)24-16-21(20-10-6-8-12-23(20)26-24)25(29)27-22-11-7-5-9-19(22)4-2/h5-12,16,18H,3-4,13-15,17H2,1-2H3,(H,27,29). The summed E-state index contributed by atoms with van der Waals surface area (Å²) in [6.45, 7) is 6.28. The Balaban J connectivity index is 1.72. The van der Waals surface area contributed by atoms with E-state index in [-0.39, 0.29) is 5.91 Å². The van der Waals surface area contributed by atoms with E-state index in [0.29, 0.717) is 5.56 Å². The van der Waals surface area contributed by atoms with E-state index < -0.39 is 0 Å². The molecule has 1 saturated carbocycles. The molecule has 4 rings (SSSR count). The Labute approximate surface area is 173 Å². The monoisotopic (exact) mass is 387 g/mol. The van der Waals surface area contributed by atoms with Gasteiger partial charge in [0.15, 0.2) is 0 Å². The zero-order valence-corrected chi connectivity index (χ0v) is 17.3. The van der Waals surface area contributed by atoms with Crippen molar-refractivity contribution in [2.45, 2.75) is 39.5 Å². The molecule has 1 aliphatic carbocycles. The molecule has 0 radical (unpaired) electrons. The largest absolute Gasteiger partial charge is 0.356 e. The third-order valence-electron chi connectivity index (χ3n) is 5.59. The fourth-order valence-electron chi connectivity index (χ4n) is 3.83. The number of rotatable bonds is 8. The molecule has 29 heavy (non-hydrogen) atoms. The van der Waals surface area contributed by atoms with Crippen molar-refractivity contribution in [1.29, 1.82) is 0 Å². The summed E-state index contributed by atoms with van der Waals surface area (Å²) in [5.74, 6) is 1.60. The molecule has 150 valence electrons. The highest BCUT2D eigenvalue weighted by atomic mass is 16.1. The molecular weight excluding hydrogens is 358 g/mol. The SMILES string of the molecule is CCCN(CC1CC1)c1cc(C(=O)Nc2ccccc2CC)c2ccccc2n1. The van der Waals surface area contributed by atoms with Gasteiger partial charge in [-0.3, -0.25) is 4.79 Å². The first-order valence-corrected chi connectivity index (χ1v) is 10.7. The first-order chi connectivity index (χ1) is 14.2. The number of aryl methyl sites for hydroxylation is 1. The summed E-state index contributed by atoms with van der Waals surface area (Å²) in [4.78, 5) is 20.6. The van der Waals surface area contributed by atoms with Crippen molar-refractivity contribution < 1.29 is 4.79 Å². The van der Waals surface area contributed by atoms with Crippen LogP contribution in [0.5, 0.6) is 0 Å². The van der Waals surface area contributed by atoms with Gasteiger partial charge in [0, 0.05) is 24.2 Å². The molecule has 1 amide bonds. The molecule has 0 atom stereocenters. The summed E-state index contributed by atoms with van der Waals surface area (Å²) >= 11 is 0. The van der Waals surface area contributed by atoms with Gasteiger partial charge in [-0.05, 0) is 55.4 Å². The smallest absolute Gasteiger partial charge is 0.256 e. The van der Waals surface area contributed by atoms with E-state index in [1.54, 1.807) is 0 Å². The van der Waals surface area contributed by atoms with Crippen LogP contribution in [0.3, 0.4) is 0 Å². The maximum atomic E-state index is 13.3. The summed E-state index contributed by atoms with van der Waals surface area (Å²) in [5.41, 5.74) is 3.58. The molecule has 1 aromatic heterocycles. The van der Waals surface area contributed by atoms with Gasteiger partial charge in [0.1, 0.15) is 5.82 Å². The quantitative estimate of drug-likeness (QED) is 0.541. The number of pyridine rings is 1. The average molecular weight is 388 g/mol. The van der Waals surface area contributed by atoms with E-state index in [1.165, 1.54) is 12.8 Å². The van der Waals surface area contributed by atoms with Gasteiger partial charge in [0.25, 0.3) is 5.91 Å². The lowest BCUT2D eigenvalue weighted by Crippen LogP contribution is -2.28. The summed E-state index contributed by atoms with van der Waals surface area (Å²) in [7, 11) is 0. The fourth-order valence-corrected chi connectivity index (χ4v) is 3.83. The third-order valence-corrected chi connectivity index (χ3v) is 5.59. The molecule has 4 nitrogen and oxygen atoms in total. The second-order valence-electron chi connectivity index (χ2n) is 7.90. The van der Waals surface area contributed by atoms with Crippen molar-refractivity contribution in [3.63, 3.8) is 0 Å². The summed E-state index contributed by atoms with van der Waals surface area (Å²) in [5, 5.41) is 4.03. The number of aromatic nitrogens is 1. The Kier molecular flexibility index (Phi) is 5.79. The molecular formula is C25H29N3O.